The Balaban J connectivity index is 2.52. The molecule has 0 aliphatic heterocycles. The average molecular weight is 259 g/mol. The third-order valence-corrected chi connectivity index (χ3v) is 3.26. The highest BCUT2D eigenvalue weighted by molar-refractivity contribution is 5.92. The van der Waals surface area contributed by atoms with E-state index in [1.807, 2.05) is 43.0 Å². The van der Waals surface area contributed by atoms with Crippen molar-refractivity contribution in [2.24, 2.45) is 0 Å². The van der Waals surface area contributed by atoms with Gasteiger partial charge in [-0.1, -0.05) is 25.1 Å². The Labute approximate surface area is 111 Å². The minimum atomic E-state index is -0.846. The van der Waals surface area contributed by atoms with Gasteiger partial charge in [0.1, 0.15) is 6.54 Å². The van der Waals surface area contributed by atoms with Gasteiger partial charge < -0.3 is 10.0 Å². The maximum atomic E-state index is 11.1. The first-order valence-corrected chi connectivity index (χ1v) is 6.32. The summed E-state index contributed by atoms with van der Waals surface area (Å²) in [7, 11) is 0. The number of hydrogen-bond donors (Lipinski definition) is 1. The fourth-order valence-corrected chi connectivity index (χ4v) is 2.07. The lowest BCUT2D eigenvalue weighted by molar-refractivity contribution is -0.135. The molecule has 0 spiro atoms. The fourth-order valence-electron chi connectivity index (χ4n) is 2.07. The van der Waals surface area contributed by atoms with Gasteiger partial charge in [0.05, 0.1) is 17.4 Å². The minimum Gasteiger partial charge on any atom is -0.480 e. The summed E-state index contributed by atoms with van der Waals surface area (Å²) in [5.74, 6) is -0.846. The van der Waals surface area contributed by atoms with Crippen molar-refractivity contribution >= 4 is 22.6 Å². The number of rotatable bonds is 5. The molecule has 1 atom stereocenters. The number of anilines is 1. The fraction of sp³-hybridized carbons (Fsp3) is 0.357. The molecule has 0 aliphatic carbocycles. The van der Waals surface area contributed by atoms with E-state index in [-0.39, 0.29) is 12.6 Å². The van der Waals surface area contributed by atoms with Crippen LogP contribution in [0.4, 0.5) is 5.69 Å². The Morgan fingerprint density at radius 2 is 2.16 bits per heavy atom. The molecule has 5 nitrogen and oxygen atoms in total. The largest absolute Gasteiger partial charge is 0.480 e. The molecule has 0 fully saturated rings. The Bertz CT molecular complexity index is 580. The first-order chi connectivity index (χ1) is 9.13. The van der Waals surface area contributed by atoms with E-state index in [4.69, 9.17) is 5.11 Å². The SMILES string of the molecule is CCC(C)N(CC(=O)O)c1cnnc2ccccc12. The van der Waals surface area contributed by atoms with E-state index in [9.17, 15) is 4.79 Å². The van der Waals surface area contributed by atoms with Gasteiger partial charge in [0.15, 0.2) is 0 Å². The van der Waals surface area contributed by atoms with Gasteiger partial charge in [0.2, 0.25) is 0 Å². The van der Waals surface area contributed by atoms with Crippen LogP contribution in [-0.2, 0) is 4.79 Å². The monoisotopic (exact) mass is 259 g/mol. The second-order valence-electron chi connectivity index (χ2n) is 4.53. The highest BCUT2D eigenvalue weighted by Crippen LogP contribution is 2.26. The zero-order valence-electron chi connectivity index (χ0n) is 11.1. The zero-order chi connectivity index (χ0) is 13.8. The molecular weight excluding hydrogens is 242 g/mol. The molecule has 1 heterocycles. The van der Waals surface area contributed by atoms with Gasteiger partial charge in [-0.2, -0.15) is 10.2 Å². The molecule has 0 radical (unpaired) electrons. The van der Waals surface area contributed by atoms with Crippen molar-refractivity contribution in [1.29, 1.82) is 0 Å². The van der Waals surface area contributed by atoms with Crippen LogP contribution in [-0.4, -0.2) is 33.9 Å². The maximum absolute atomic E-state index is 11.1. The Kier molecular flexibility index (Phi) is 3.94. The standard InChI is InChI=1S/C14H17N3O2/c1-3-10(2)17(9-14(18)19)13-8-15-16-12-7-5-4-6-11(12)13/h4-8,10H,3,9H2,1-2H3,(H,18,19). The molecular formula is C14H17N3O2. The second-order valence-corrected chi connectivity index (χ2v) is 4.53. The highest BCUT2D eigenvalue weighted by atomic mass is 16.4. The molecule has 1 unspecified atom stereocenters. The molecule has 100 valence electrons. The first kappa shape index (κ1) is 13.3. The lowest BCUT2D eigenvalue weighted by Crippen LogP contribution is -2.37. The lowest BCUT2D eigenvalue weighted by atomic mass is 10.1. The van der Waals surface area contributed by atoms with Crippen molar-refractivity contribution in [3.63, 3.8) is 0 Å². The van der Waals surface area contributed by atoms with Crippen LogP contribution in [0.15, 0.2) is 30.5 Å². The predicted octanol–water partition coefficient (Wildman–Crippen LogP) is 2.32. The van der Waals surface area contributed by atoms with E-state index in [1.165, 1.54) is 0 Å². The molecule has 19 heavy (non-hydrogen) atoms. The molecule has 0 amide bonds. The average Bonchev–Trinajstić information content (AvgIpc) is 2.43. The minimum absolute atomic E-state index is 0.0370. The molecule has 0 aliphatic rings. The Morgan fingerprint density at radius 3 is 2.84 bits per heavy atom. The Morgan fingerprint density at radius 1 is 1.42 bits per heavy atom. The van der Waals surface area contributed by atoms with Crippen molar-refractivity contribution in [3.05, 3.63) is 30.5 Å². The maximum Gasteiger partial charge on any atom is 0.323 e. The number of hydrogen-bond acceptors (Lipinski definition) is 4. The highest BCUT2D eigenvalue weighted by Gasteiger charge is 2.18. The van der Waals surface area contributed by atoms with Gasteiger partial charge in [0.25, 0.3) is 0 Å². The van der Waals surface area contributed by atoms with Crippen LogP contribution in [0.1, 0.15) is 20.3 Å². The number of carboxylic acid groups (broad SMARTS) is 1. The van der Waals surface area contributed by atoms with E-state index >= 15 is 0 Å². The molecule has 5 heteroatoms. The van der Waals surface area contributed by atoms with E-state index in [0.717, 1.165) is 23.0 Å². The number of aliphatic carboxylic acids is 1. The van der Waals surface area contributed by atoms with Crippen molar-refractivity contribution in [3.8, 4) is 0 Å². The van der Waals surface area contributed by atoms with E-state index in [0.29, 0.717) is 0 Å². The summed E-state index contributed by atoms with van der Waals surface area (Å²) in [5, 5.41) is 18.1. The van der Waals surface area contributed by atoms with Crippen molar-refractivity contribution in [2.45, 2.75) is 26.3 Å². The van der Waals surface area contributed by atoms with Crippen LogP contribution < -0.4 is 4.90 Å². The van der Waals surface area contributed by atoms with Gasteiger partial charge in [-0.25, -0.2) is 0 Å². The molecule has 0 saturated heterocycles. The molecule has 2 rings (SSSR count). The lowest BCUT2D eigenvalue weighted by Gasteiger charge is -2.29. The van der Waals surface area contributed by atoms with Crippen LogP contribution in [0.3, 0.4) is 0 Å². The van der Waals surface area contributed by atoms with E-state index in [2.05, 4.69) is 10.2 Å². The number of carboxylic acids is 1. The molecule has 1 N–H and O–H groups in total. The summed E-state index contributed by atoms with van der Waals surface area (Å²) >= 11 is 0. The topological polar surface area (TPSA) is 66.3 Å². The van der Waals surface area contributed by atoms with Crippen LogP contribution in [0.5, 0.6) is 0 Å². The van der Waals surface area contributed by atoms with Gasteiger partial charge in [-0.3, -0.25) is 4.79 Å². The van der Waals surface area contributed by atoms with Crippen LogP contribution in [0, 0.1) is 0 Å². The number of aromatic nitrogens is 2. The summed E-state index contributed by atoms with van der Waals surface area (Å²) in [6.07, 6.45) is 2.50. The third-order valence-electron chi connectivity index (χ3n) is 3.26. The van der Waals surface area contributed by atoms with Crippen molar-refractivity contribution in [1.82, 2.24) is 10.2 Å². The third kappa shape index (κ3) is 2.81. The molecule has 2 aromatic rings. The van der Waals surface area contributed by atoms with Gasteiger partial charge in [-0.05, 0) is 19.4 Å². The summed E-state index contributed by atoms with van der Waals surface area (Å²) in [5.41, 5.74) is 1.60. The molecule has 1 aromatic heterocycles. The normalized spacial score (nSPS) is 12.3. The summed E-state index contributed by atoms with van der Waals surface area (Å²) < 4.78 is 0. The summed E-state index contributed by atoms with van der Waals surface area (Å²) in [6, 6.07) is 7.76. The van der Waals surface area contributed by atoms with Crippen molar-refractivity contribution in [2.75, 3.05) is 11.4 Å². The number of carbonyl (C=O) groups is 1. The van der Waals surface area contributed by atoms with Crippen LogP contribution in [0.25, 0.3) is 10.9 Å². The Hall–Kier alpha value is -2.17. The summed E-state index contributed by atoms with van der Waals surface area (Å²) in [6.45, 7) is 4.01. The quantitative estimate of drug-likeness (QED) is 0.892. The number of nitrogens with zero attached hydrogens (tertiary/aromatic N) is 3. The molecule has 0 bridgehead atoms. The van der Waals surface area contributed by atoms with Gasteiger partial charge in [0, 0.05) is 11.4 Å². The predicted molar refractivity (Wildman–Crippen MR) is 74.3 cm³/mol. The van der Waals surface area contributed by atoms with E-state index in [1.54, 1.807) is 6.20 Å². The number of fused-ring (bicyclic) bond motifs is 1. The van der Waals surface area contributed by atoms with Crippen molar-refractivity contribution < 1.29 is 9.90 Å². The zero-order valence-corrected chi connectivity index (χ0v) is 11.1. The first-order valence-electron chi connectivity index (χ1n) is 6.32. The summed E-state index contributed by atoms with van der Waals surface area (Å²) in [4.78, 5) is 12.9. The number of benzene rings is 1. The van der Waals surface area contributed by atoms with Gasteiger partial charge in [-0.15, -0.1) is 0 Å². The molecule has 0 saturated carbocycles. The smallest absolute Gasteiger partial charge is 0.323 e. The van der Waals surface area contributed by atoms with Gasteiger partial charge >= 0.3 is 5.97 Å². The van der Waals surface area contributed by atoms with Crippen LogP contribution >= 0.6 is 0 Å². The molecule has 1 aromatic carbocycles. The van der Waals surface area contributed by atoms with Crippen LogP contribution in [0.2, 0.25) is 0 Å². The van der Waals surface area contributed by atoms with E-state index < -0.39 is 5.97 Å². The second kappa shape index (κ2) is 5.65.